The quantitative estimate of drug-likeness (QED) is 0.893. The number of thiophene rings is 1. The molecule has 0 atom stereocenters. The third kappa shape index (κ3) is 3.25. The first kappa shape index (κ1) is 15.5. The molecule has 1 aromatic carbocycles. The second kappa shape index (κ2) is 5.87. The molecule has 0 unspecified atom stereocenters. The van der Waals surface area contributed by atoms with Crippen molar-refractivity contribution in [1.82, 2.24) is 0 Å². The van der Waals surface area contributed by atoms with E-state index in [1.165, 1.54) is 11.3 Å². The summed E-state index contributed by atoms with van der Waals surface area (Å²) < 4.78 is 0. The van der Waals surface area contributed by atoms with Gasteiger partial charge in [-0.05, 0) is 43.0 Å². The minimum Gasteiger partial charge on any atom is -0.481 e. The minimum absolute atomic E-state index is 0.278. The average molecular weight is 324 g/mol. The number of aliphatic carboxylic acids is 1. The maximum absolute atomic E-state index is 12.0. The Morgan fingerprint density at radius 3 is 2.29 bits per heavy atom. The Kier molecular flexibility index (Phi) is 4.34. The number of rotatable bonds is 4. The van der Waals surface area contributed by atoms with E-state index in [1.54, 1.807) is 49.6 Å². The zero-order valence-corrected chi connectivity index (χ0v) is 13.1. The highest BCUT2D eigenvalue weighted by Crippen LogP contribution is 2.26. The number of amides is 1. The first-order valence-electron chi connectivity index (χ1n) is 6.20. The van der Waals surface area contributed by atoms with E-state index in [4.69, 9.17) is 11.6 Å². The second-order valence-corrected chi connectivity index (χ2v) is 6.38. The zero-order valence-electron chi connectivity index (χ0n) is 11.5. The average Bonchev–Trinajstić information content (AvgIpc) is 2.85. The molecule has 2 rings (SSSR count). The van der Waals surface area contributed by atoms with Gasteiger partial charge in [0.2, 0.25) is 0 Å². The van der Waals surface area contributed by atoms with E-state index in [1.807, 2.05) is 0 Å². The molecule has 0 aliphatic rings. The summed E-state index contributed by atoms with van der Waals surface area (Å²) in [6, 6.07) is 8.41. The van der Waals surface area contributed by atoms with Gasteiger partial charge in [0.15, 0.2) is 0 Å². The van der Waals surface area contributed by atoms with E-state index in [-0.39, 0.29) is 5.91 Å². The fourth-order valence-electron chi connectivity index (χ4n) is 1.74. The Morgan fingerprint density at radius 1 is 1.19 bits per heavy atom. The van der Waals surface area contributed by atoms with Crippen molar-refractivity contribution in [2.75, 3.05) is 5.32 Å². The van der Waals surface area contributed by atoms with Crippen molar-refractivity contribution in [1.29, 1.82) is 0 Å². The lowest BCUT2D eigenvalue weighted by Gasteiger charge is -2.19. The van der Waals surface area contributed by atoms with Crippen molar-refractivity contribution in [3.63, 3.8) is 0 Å². The van der Waals surface area contributed by atoms with Crippen LogP contribution in [0.3, 0.4) is 0 Å². The topological polar surface area (TPSA) is 66.4 Å². The molecule has 6 heteroatoms. The van der Waals surface area contributed by atoms with Crippen LogP contribution in [0.1, 0.15) is 29.1 Å². The molecule has 110 valence electrons. The third-order valence-corrected chi connectivity index (χ3v) is 4.56. The number of carbonyl (C=O) groups excluding carboxylic acids is 1. The lowest BCUT2D eigenvalue weighted by Crippen LogP contribution is -2.28. The smallest absolute Gasteiger partial charge is 0.313 e. The third-order valence-electron chi connectivity index (χ3n) is 3.22. The van der Waals surface area contributed by atoms with Gasteiger partial charge in [0.25, 0.3) is 5.91 Å². The normalized spacial score (nSPS) is 11.2. The summed E-state index contributed by atoms with van der Waals surface area (Å²) in [5, 5.41) is 14.1. The van der Waals surface area contributed by atoms with Crippen molar-refractivity contribution >= 4 is 40.5 Å². The molecule has 0 saturated heterocycles. The molecule has 0 spiro atoms. The summed E-state index contributed by atoms with van der Waals surface area (Å²) >= 11 is 7.17. The van der Waals surface area contributed by atoms with Crippen LogP contribution >= 0.6 is 22.9 Å². The van der Waals surface area contributed by atoms with Crippen LogP contribution in [-0.2, 0) is 10.2 Å². The molecular formula is C15H14ClNO3S. The van der Waals surface area contributed by atoms with Gasteiger partial charge in [0.05, 0.1) is 10.4 Å². The summed E-state index contributed by atoms with van der Waals surface area (Å²) in [5.41, 5.74) is 0.288. The predicted octanol–water partition coefficient (Wildman–Crippen LogP) is 4.02. The molecule has 0 aliphatic heterocycles. The second-order valence-electron chi connectivity index (χ2n) is 5.06. The van der Waals surface area contributed by atoms with Crippen LogP contribution in [0.25, 0.3) is 0 Å². The van der Waals surface area contributed by atoms with Crippen molar-refractivity contribution in [2.45, 2.75) is 19.3 Å². The first-order valence-corrected chi connectivity index (χ1v) is 7.46. The van der Waals surface area contributed by atoms with Crippen molar-refractivity contribution < 1.29 is 14.7 Å². The highest BCUT2D eigenvalue weighted by atomic mass is 35.5. The molecule has 2 N–H and O–H groups in total. The maximum Gasteiger partial charge on any atom is 0.313 e. The summed E-state index contributed by atoms with van der Waals surface area (Å²) in [6.07, 6.45) is 0. The Balaban J connectivity index is 2.15. The number of hydrogen-bond donors (Lipinski definition) is 2. The lowest BCUT2D eigenvalue weighted by atomic mass is 9.85. The number of nitrogens with one attached hydrogen (secondary N) is 1. The molecule has 0 saturated carbocycles. The van der Waals surface area contributed by atoms with Gasteiger partial charge in [0.1, 0.15) is 4.88 Å². The summed E-state index contributed by atoms with van der Waals surface area (Å²) in [4.78, 5) is 23.7. The van der Waals surface area contributed by atoms with Gasteiger partial charge in [0, 0.05) is 5.69 Å². The number of carbonyl (C=O) groups is 2. The number of carboxylic acids is 1. The molecule has 0 bridgehead atoms. The van der Waals surface area contributed by atoms with Crippen LogP contribution in [0.5, 0.6) is 0 Å². The van der Waals surface area contributed by atoms with Gasteiger partial charge >= 0.3 is 5.97 Å². The van der Waals surface area contributed by atoms with Gasteiger partial charge in [-0.3, -0.25) is 9.59 Å². The number of hydrogen-bond acceptors (Lipinski definition) is 3. The fourth-order valence-corrected chi connectivity index (χ4v) is 2.77. The van der Waals surface area contributed by atoms with Crippen molar-refractivity contribution in [3.05, 3.63) is 51.2 Å². The van der Waals surface area contributed by atoms with Crippen LogP contribution in [0, 0.1) is 0 Å². The van der Waals surface area contributed by atoms with Crippen LogP contribution in [0.4, 0.5) is 5.69 Å². The van der Waals surface area contributed by atoms with Gasteiger partial charge in [-0.15, -0.1) is 11.3 Å². The van der Waals surface area contributed by atoms with Crippen molar-refractivity contribution in [3.8, 4) is 0 Å². The Labute approximate surface area is 131 Å². The number of benzene rings is 1. The molecule has 0 fully saturated rings. The molecule has 21 heavy (non-hydrogen) atoms. The number of halogens is 1. The van der Waals surface area contributed by atoms with E-state index in [9.17, 15) is 14.7 Å². The highest BCUT2D eigenvalue weighted by molar-refractivity contribution is 7.12. The predicted molar refractivity (Wildman–Crippen MR) is 84.4 cm³/mol. The Morgan fingerprint density at radius 2 is 1.81 bits per heavy atom. The Hall–Kier alpha value is -1.85. The summed E-state index contributed by atoms with van der Waals surface area (Å²) in [6.45, 7) is 3.27. The van der Waals surface area contributed by atoms with Crippen LogP contribution in [0.2, 0.25) is 5.02 Å². The van der Waals surface area contributed by atoms with Gasteiger partial charge in [-0.1, -0.05) is 23.7 Å². The standard InChI is InChI=1S/C15H14ClNO3S/c1-15(2,14(19)20)9-3-5-10(6-4-9)17-13(18)12-11(16)7-8-21-12/h3-8H,1-2H3,(H,17,18)(H,19,20). The molecule has 1 aromatic heterocycles. The van der Waals surface area contributed by atoms with E-state index < -0.39 is 11.4 Å². The fraction of sp³-hybridized carbons (Fsp3) is 0.200. The molecule has 0 radical (unpaired) electrons. The van der Waals surface area contributed by atoms with E-state index in [0.717, 1.165) is 0 Å². The molecule has 4 nitrogen and oxygen atoms in total. The van der Waals surface area contributed by atoms with Crippen molar-refractivity contribution in [2.24, 2.45) is 0 Å². The van der Waals surface area contributed by atoms with E-state index in [2.05, 4.69) is 5.32 Å². The van der Waals surface area contributed by atoms with E-state index in [0.29, 0.717) is 21.2 Å². The summed E-state index contributed by atoms with van der Waals surface area (Å²) in [5.74, 6) is -1.18. The molecule has 1 amide bonds. The minimum atomic E-state index is -0.973. The largest absolute Gasteiger partial charge is 0.481 e. The maximum atomic E-state index is 12.0. The van der Waals surface area contributed by atoms with Crippen LogP contribution < -0.4 is 5.32 Å². The lowest BCUT2D eigenvalue weighted by molar-refractivity contribution is -0.142. The zero-order chi connectivity index (χ0) is 15.6. The highest BCUT2D eigenvalue weighted by Gasteiger charge is 2.29. The molecule has 2 aromatic rings. The van der Waals surface area contributed by atoms with Crippen LogP contribution in [-0.4, -0.2) is 17.0 Å². The molecular weight excluding hydrogens is 310 g/mol. The van der Waals surface area contributed by atoms with Crippen LogP contribution in [0.15, 0.2) is 35.7 Å². The monoisotopic (exact) mass is 323 g/mol. The SMILES string of the molecule is CC(C)(C(=O)O)c1ccc(NC(=O)c2sccc2Cl)cc1. The number of carboxylic acid groups (broad SMARTS) is 1. The Bertz CT molecular complexity index is 676. The van der Waals surface area contributed by atoms with Gasteiger partial charge in [-0.2, -0.15) is 0 Å². The van der Waals surface area contributed by atoms with E-state index >= 15 is 0 Å². The van der Waals surface area contributed by atoms with Gasteiger partial charge < -0.3 is 10.4 Å². The molecule has 0 aliphatic carbocycles. The number of anilines is 1. The summed E-state index contributed by atoms with van der Waals surface area (Å²) in [7, 11) is 0. The first-order chi connectivity index (χ1) is 9.82. The molecule has 1 heterocycles. The van der Waals surface area contributed by atoms with Gasteiger partial charge in [-0.25, -0.2) is 0 Å².